The maximum atomic E-state index is 5.26. The van der Waals surface area contributed by atoms with Crippen LogP contribution < -0.4 is 10.1 Å². The number of anilines is 1. The zero-order valence-electron chi connectivity index (χ0n) is 12.7. The molecule has 1 aromatic heterocycles. The van der Waals surface area contributed by atoms with Crippen LogP contribution in [0.15, 0.2) is 18.2 Å². The van der Waals surface area contributed by atoms with Crippen molar-refractivity contribution in [2.75, 3.05) is 19.0 Å². The van der Waals surface area contributed by atoms with Crippen LogP contribution in [0.2, 0.25) is 0 Å². The van der Waals surface area contributed by atoms with Gasteiger partial charge in [-0.15, -0.1) is 0 Å². The topological polar surface area (TPSA) is 47.0 Å². The molecule has 0 aliphatic rings. The third-order valence-electron chi connectivity index (χ3n) is 3.29. The van der Waals surface area contributed by atoms with Gasteiger partial charge in [0.2, 0.25) is 0 Å². The molecule has 0 amide bonds. The minimum atomic E-state index is 0.775. The maximum absolute atomic E-state index is 5.26. The molecule has 20 heavy (non-hydrogen) atoms. The minimum absolute atomic E-state index is 0.775. The molecule has 4 heteroatoms. The van der Waals surface area contributed by atoms with Crippen molar-refractivity contribution < 1.29 is 4.74 Å². The van der Waals surface area contributed by atoms with Crippen molar-refractivity contribution in [3.8, 4) is 17.0 Å². The van der Waals surface area contributed by atoms with Gasteiger partial charge in [-0.25, -0.2) is 9.97 Å². The molecule has 0 atom stereocenters. The number of hydrogen-bond donors (Lipinski definition) is 1. The molecule has 0 spiro atoms. The lowest BCUT2D eigenvalue weighted by Gasteiger charge is -2.14. The van der Waals surface area contributed by atoms with Crippen molar-refractivity contribution >= 4 is 5.82 Å². The van der Waals surface area contributed by atoms with Crippen molar-refractivity contribution in [1.29, 1.82) is 0 Å². The molecule has 4 nitrogen and oxygen atoms in total. The highest BCUT2D eigenvalue weighted by molar-refractivity contribution is 5.71. The number of benzene rings is 1. The summed E-state index contributed by atoms with van der Waals surface area (Å²) >= 11 is 0. The zero-order valence-corrected chi connectivity index (χ0v) is 12.7. The second-order valence-corrected chi connectivity index (χ2v) is 4.80. The third kappa shape index (κ3) is 2.74. The highest BCUT2D eigenvalue weighted by atomic mass is 16.5. The number of rotatable bonds is 4. The van der Waals surface area contributed by atoms with Crippen molar-refractivity contribution in [2.24, 2.45) is 0 Å². The molecule has 106 valence electrons. The van der Waals surface area contributed by atoms with Crippen LogP contribution in [-0.2, 0) is 0 Å². The molecule has 0 bridgehead atoms. The molecule has 0 saturated carbocycles. The van der Waals surface area contributed by atoms with E-state index < -0.39 is 0 Å². The Morgan fingerprint density at radius 2 is 1.90 bits per heavy atom. The van der Waals surface area contributed by atoms with Gasteiger partial charge >= 0.3 is 0 Å². The molecule has 0 saturated heterocycles. The van der Waals surface area contributed by atoms with Crippen molar-refractivity contribution in [3.63, 3.8) is 0 Å². The molecule has 1 N–H and O–H groups in total. The fourth-order valence-electron chi connectivity index (χ4n) is 2.26. The highest BCUT2D eigenvalue weighted by Gasteiger charge is 2.13. The van der Waals surface area contributed by atoms with E-state index in [1.807, 2.05) is 19.1 Å². The summed E-state index contributed by atoms with van der Waals surface area (Å²) in [5.74, 6) is 2.54. The number of nitrogens with one attached hydrogen (secondary N) is 1. The van der Waals surface area contributed by atoms with Gasteiger partial charge in [0.15, 0.2) is 0 Å². The summed E-state index contributed by atoms with van der Waals surface area (Å²) < 4.78 is 5.26. The van der Waals surface area contributed by atoms with E-state index in [4.69, 9.17) is 4.74 Å². The smallest absolute Gasteiger partial charge is 0.133 e. The average Bonchev–Trinajstić information content (AvgIpc) is 2.43. The van der Waals surface area contributed by atoms with Crippen LogP contribution >= 0.6 is 0 Å². The van der Waals surface area contributed by atoms with Crippen LogP contribution in [0.1, 0.15) is 23.9 Å². The largest absolute Gasteiger partial charge is 0.497 e. The molecule has 1 aromatic carbocycles. The van der Waals surface area contributed by atoms with Crippen molar-refractivity contribution in [3.05, 3.63) is 35.2 Å². The first-order chi connectivity index (χ1) is 9.56. The van der Waals surface area contributed by atoms with Crippen LogP contribution in [0.3, 0.4) is 0 Å². The average molecular weight is 271 g/mol. The molecule has 2 rings (SSSR count). The number of aromatic nitrogens is 2. The zero-order chi connectivity index (χ0) is 14.7. The molecular formula is C16H21N3O. The Morgan fingerprint density at radius 1 is 1.15 bits per heavy atom. The van der Waals surface area contributed by atoms with Crippen LogP contribution in [0, 0.1) is 20.8 Å². The summed E-state index contributed by atoms with van der Waals surface area (Å²) in [4.78, 5) is 9.08. The molecule has 0 fully saturated rings. The summed E-state index contributed by atoms with van der Waals surface area (Å²) in [6.07, 6.45) is 0. The molecule has 0 aliphatic carbocycles. The summed E-state index contributed by atoms with van der Waals surface area (Å²) in [6, 6.07) is 6.05. The first-order valence-corrected chi connectivity index (χ1v) is 6.81. The lowest BCUT2D eigenvalue weighted by Crippen LogP contribution is -2.06. The quantitative estimate of drug-likeness (QED) is 0.924. The van der Waals surface area contributed by atoms with Gasteiger partial charge in [0, 0.05) is 17.7 Å². The van der Waals surface area contributed by atoms with Gasteiger partial charge < -0.3 is 10.1 Å². The normalized spacial score (nSPS) is 10.4. The second kappa shape index (κ2) is 5.90. The fourth-order valence-corrected chi connectivity index (χ4v) is 2.26. The summed E-state index contributed by atoms with van der Waals surface area (Å²) in [7, 11) is 1.68. The van der Waals surface area contributed by atoms with E-state index in [1.54, 1.807) is 7.11 Å². The monoisotopic (exact) mass is 271 g/mol. The summed E-state index contributed by atoms with van der Waals surface area (Å²) in [5.41, 5.74) is 4.32. The number of hydrogen-bond acceptors (Lipinski definition) is 4. The van der Waals surface area contributed by atoms with Crippen LogP contribution in [0.4, 0.5) is 5.82 Å². The van der Waals surface area contributed by atoms with Crippen LogP contribution in [0.25, 0.3) is 11.3 Å². The van der Waals surface area contributed by atoms with Gasteiger partial charge in [-0.05, 0) is 51.5 Å². The van der Waals surface area contributed by atoms with Gasteiger partial charge in [0.1, 0.15) is 17.4 Å². The van der Waals surface area contributed by atoms with E-state index in [1.165, 1.54) is 0 Å². The maximum Gasteiger partial charge on any atom is 0.133 e. The Bertz CT molecular complexity index is 623. The van der Waals surface area contributed by atoms with Crippen molar-refractivity contribution in [1.82, 2.24) is 9.97 Å². The van der Waals surface area contributed by atoms with Crippen LogP contribution in [0.5, 0.6) is 5.75 Å². The van der Waals surface area contributed by atoms with Crippen LogP contribution in [-0.4, -0.2) is 23.6 Å². The van der Waals surface area contributed by atoms with Gasteiger partial charge in [0.05, 0.1) is 12.8 Å². The predicted octanol–water partition coefficient (Wildman–Crippen LogP) is 3.51. The number of nitrogens with zero attached hydrogens (tertiary/aromatic N) is 2. The Balaban J connectivity index is 2.57. The lowest BCUT2D eigenvalue weighted by molar-refractivity contribution is 0.414. The Kier molecular flexibility index (Phi) is 4.23. The van der Waals surface area contributed by atoms with E-state index in [0.717, 1.165) is 46.3 Å². The van der Waals surface area contributed by atoms with E-state index in [9.17, 15) is 0 Å². The fraction of sp³-hybridized carbons (Fsp3) is 0.375. The Labute approximate surface area is 120 Å². The van der Waals surface area contributed by atoms with Gasteiger partial charge in [0.25, 0.3) is 0 Å². The standard InChI is InChI=1S/C16H21N3O/c1-6-17-16-11(3)15(18-12(4)19-16)14-8-7-13(20-5)9-10(14)2/h7-9H,6H2,1-5H3,(H,17,18,19). The Hall–Kier alpha value is -2.10. The molecule has 2 aromatic rings. The van der Waals surface area contributed by atoms with E-state index in [2.05, 4.69) is 42.1 Å². The molecular weight excluding hydrogens is 250 g/mol. The van der Waals surface area contributed by atoms with Crippen molar-refractivity contribution in [2.45, 2.75) is 27.7 Å². The molecule has 0 aliphatic heterocycles. The van der Waals surface area contributed by atoms with E-state index in [-0.39, 0.29) is 0 Å². The molecule has 0 radical (unpaired) electrons. The third-order valence-corrected chi connectivity index (χ3v) is 3.29. The van der Waals surface area contributed by atoms with E-state index in [0.29, 0.717) is 0 Å². The predicted molar refractivity (Wildman–Crippen MR) is 82.4 cm³/mol. The SMILES string of the molecule is CCNc1nc(C)nc(-c2ccc(OC)cc2C)c1C. The lowest BCUT2D eigenvalue weighted by atomic mass is 10.0. The highest BCUT2D eigenvalue weighted by Crippen LogP contribution is 2.30. The summed E-state index contributed by atoms with van der Waals surface area (Å²) in [5, 5.41) is 3.29. The first kappa shape index (κ1) is 14.3. The molecule has 0 unspecified atom stereocenters. The van der Waals surface area contributed by atoms with Gasteiger partial charge in [-0.2, -0.15) is 0 Å². The first-order valence-electron chi connectivity index (χ1n) is 6.81. The van der Waals surface area contributed by atoms with Gasteiger partial charge in [-0.3, -0.25) is 0 Å². The minimum Gasteiger partial charge on any atom is -0.497 e. The molecule has 1 heterocycles. The second-order valence-electron chi connectivity index (χ2n) is 4.80. The van der Waals surface area contributed by atoms with Gasteiger partial charge in [-0.1, -0.05) is 0 Å². The number of aryl methyl sites for hydroxylation is 2. The van der Waals surface area contributed by atoms with E-state index >= 15 is 0 Å². The Morgan fingerprint density at radius 3 is 2.50 bits per heavy atom. The number of ether oxygens (including phenoxy) is 1. The number of methoxy groups -OCH3 is 1. The summed E-state index contributed by atoms with van der Waals surface area (Å²) in [6.45, 7) is 8.95.